The molecule has 0 spiro atoms. The Morgan fingerprint density at radius 1 is 0.535 bits per heavy atom. The summed E-state index contributed by atoms with van der Waals surface area (Å²) in [5.41, 5.74) is 1.47. The molecule has 0 saturated heterocycles. The van der Waals surface area contributed by atoms with Crippen molar-refractivity contribution in [3.8, 4) is 6.07 Å². The molecule has 256 valence electrons. The number of hydrogen-bond acceptors (Lipinski definition) is 2. The molecule has 0 aromatic heterocycles. The van der Waals surface area contributed by atoms with Gasteiger partial charge in [0.2, 0.25) is 0 Å². The lowest BCUT2D eigenvalue weighted by Gasteiger charge is -2.28. The van der Waals surface area contributed by atoms with Crippen LogP contribution in [-0.2, 0) is 0 Å². The molecule has 0 saturated carbocycles. The van der Waals surface area contributed by atoms with Crippen molar-refractivity contribution < 1.29 is 0 Å². The van der Waals surface area contributed by atoms with Crippen LogP contribution >= 0.6 is 0 Å². The maximum absolute atomic E-state index is 8.76. The van der Waals surface area contributed by atoms with Gasteiger partial charge in [-0.25, -0.2) is 0 Å². The lowest BCUT2D eigenvalue weighted by molar-refractivity contribution is 0.231. The Morgan fingerprint density at radius 3 is 1.40 bits per heavy atom. The highest BCUT2D eigenvalue weighted by Gasteiger charge is 2.20. The first-order chi connectivity index (χ1) is 20.0. The molecule has 0 rings (SSSR count). The Morgan fingerprint density at radius 2 is 0.977 bits per heavy atom. The molecular weight excluding hydrogens is 520 g/mol. The third-order valence-electron chi connectivity index (χ3n) is 8.67. The van der Waals surface area contributed by atoms with Crippen molar-refractivity contribution in [2.75, 3.05) is 20.1 Å². The first kappa shape index (κ1) is 44.3. The van der Waals surface area contributed by atoms with Gasteiger partial charge in [0.1, 0.15) is 0 Å². The van der Waals surface area contributed by atoms with Gasteiger partial charge in [0.25, 0.3) is 0 Å². The molecule has 0 aliphatic rings. The summed E-state index contributed by atoms with van der Waals surface area (Å²) in [6.07, 6.45) is 18.3. The molecule has 2 heteroatoms. The van der Waals surface area contributed by atoms with Gasteiger partial charge in [0, 0.05) is 13.0 Å². The quantitative estimate of drug-likeness (QED) is 0.0972. The number of nitrogens with zero attached hydrogens (tertiary/aromatic N) is 2. The van der Waals surface area contributed by atoms with Gasteiger partial charge >= 0.3 is 0 Å². The van der Waals surface area contributed by atoms with Crippen LogP contribution in [-0.4, -0.2) is 25.0 Å². The third kappa shape index (κ3) is 32.4. The molecular formula is C41H82N2. The normalized spacial score (nSPS) is 14.1. The van der Waals surface area contributed by atoms with Gasteiger partial charge < -0.3 is 4.90 Å². The van der Waals surface area contributed by atoms with Crippen molar-refractivity contribution in [2.24, 2.45) is 53.3 Å². The fraction of sp³-hybridized carbons (Fsp3) is 0.927. The van der Waals surface area contributed by atoms with Crippen molar-refractivity contribution in [1.82, 2.24) is 4.90 Å². The van der Waals surface area contributed by atoms with E-state index in [0.29, 0.717) is 6.42 Å². The third-order valence-corrected chi connectivity index (χ3v) is 8.67. The molecule has 0 bridgehead atoms. The predicted octanol–water partition coefficient (Wildman–Crippen LogP) is 13.2. The zero-order valence-corrected chi connectivity index (χ0v) is 32.1. The zero-order valence-electron chi connectivity index (χ0n) is 32.1. The summed E-state index contributed by atoms with van der Waals surface area (Å²) in [7, 11) is 2.16. The predicted molar refractivity (Wildman–Crippen MR) is 196 cm³/mol. The van der Waals surface area contributed by atoms with Gasteiger partial charge in [0.15, 0.2) is 0 Å². The molecule has 0 heterocycles. The van der Waals surface area contributed by atoms with Crippen molar-refractivity contribution in [1.29, 1.82) is 5.26 Å². The SMILES string of the molecule is C=C(CC(C)C)CC(CCCC(C)C)CC(C)C.CC(C)CCCC(CC(C)C)CC(CCN(C)CCC#N)CC(C)C. The lowest BCUT2D eigenvalue weighted by atomic mass is 9.80. The molecule has 3 unspecified atom stereocenters. The second-order valence-electron chi connectivity index (χ2n) is 16.9. The molecule has 0 radical (unpaired) electrons. The number of rotatable bonds is 25. The fourth-order valence-corrected chi connectivity index (χ4v) is 6.89. The topological polar surface area (TPSA) is 27.0 Å². The first-order valence-electron chi connectivity index (χ1n) is 18.8. The molecule has 0 aromatic rings. The van der Waals surface area contributed by atoms with Crippen LogP contribution in [0.1, 0.15) is 173 Å². The van der Waals surface area contributed by atoms with Gasteiger partial charge in [-0.15, -0.1) is 0 Å². The van der Waals surface area contributed by atoms with E-state index in [-0.39, 0.29) is 0 Å². The largest absolute Gasteiger partial charge is 0.305 e. The van der Waals surface area contributed by atoms with E-state index in [1.54, 1.807) is 0 Å². The Hall–Kier alpha value is -0.810. The van der Waals surface area contributed by atoms with Gasteiger partial charge in [-0.05, 0) is 112 Å². The minimum absolute atomic E-state index is 0.649. The number of nitriles is 1. The molecule has 0 aliphatic carbocycles. The van der Waals surface area contributed by atoms with Crippen molar-refractivity contribution in [3.63, 3.8) is 0 Å². The van der Waals surface area contributed by atoms with Gasteiger partial charge in [-0.1, -0.05) is 134 Å². The van der Waals surface area contributed by atoms with Gasteiger partial charge in [-0.2, -0.15) is 5.26 Å². The van der Waals surface area contributed by atoms with Crippen LogP contribution in [0.5, 0.6) is 0 Å². The molecule has 0 aliphatic heterocycles. The van der Waals surface area contributed by atoms with Crippen LogP contribution in [0.25, 0.3) is 0 Å². The van der Waals surface area contributed by atoms with Gasteiger partial charge in [-0.3, -0.25) is 0 Å². The van der Waals surface area contributed by atoms with Crippen LogP contribution < -0.4 is 0 Å². The van der Waals surface area contributed by atoms with E-state index in [1.807, 2.05) is 0 Å². The van der Waals surface area contributed by atoms with E-state index in [9.17, 15) is 0 Å². The van der Waals surface area contributed by atoms with E-state index in [1.165, 1.54) is 89.0 Å². The highest BCUT2D eigenvalue weighted by Crippen LogP contribution is 2.31. The highest BCUT2D eigenvalue weighted by atomic mass is 15.1. The molecule has 0 amide bonds. The summed E-state index contributed by atoms with van der Waals surface area (Å²) in [5, 5.41) is 8.76. The van der Waals surface area contributed by atoms with Crippen LogP contribution in [0.2, 0.25) is 0 Å². The van der Waals surface area contributed by atoms with Crippen molar-refractivity contribution in [2.45, 2.75) is 173 Å². The molecule has 0 fully saturated rings. The van der Waals surface area contributed by atoms with E-state index < -0.39 is 0 Å². The summed E-state index contributed by atoms with van der Waals surface area (Å²) in [4.78, 5) is 2.34. The monoisotopic (exact) mass is 603 g/mol. The molecule has 43 heavy (non-hydrogen) atoms. The van der Waals surface area contributed by atoms with Gasteiger partial charge in [0.05, 0.1) is 6.07 Å². The average Bonchev–Trinajstić information content (AvgIpc) is 2.84. The summed E-state index contributed by atoms with van der Waals surface area (Å²) in [5.74, 6) is 7.46. The molecule has 2 nitrogen and oxygen atoms in total. The molecule has 0 N–H and O–H groups in total. The average molecular weight is 603 g/mol. The summed E-state index contributed by atoms with van der Waals surface area (Å²) >= 11 is 0. The molecule has 0 aromatic carbocycles. The van der Waals surface area contributed by atoms with Crippen molar-refractivity contribution >= 4 is 0 Å². The lowest BCUT2D eigenvalue weighted by Crippen LogP contribution is -2.24. The molecule has 3 atom stereocenters. The van der Waals surface area contributed by atoms with E-state index >= 15 is 0 Å². The van der Waals surface area contributed by atoms with Crippen LogP contribution in [0, 0.1) is 64.6 Å². The van der Waals surface area contributed by atoms with E-state index in [0.717, 1.165) is 66.4 Å². The Kier molecular flexibility index (Phi) is 28.3. The maximum atomic E-state index is 8.76. The van der Waals surface area contributed by atoms with E-state index in [4.69, 9.17) is 5.26 Å². The second-order valence-corrected chi connectivity index (χ2v) is 16.9. The fourth-order valence-electron chi connectivity index (χ4n) is 6.89. The minimum Gasteiger partial charge on any atom is -0.305 e. The number of allylic oxidation sites excluding steroid dienone is 1. The van der Waals surface area contributed by atoms with Crippen LogP contribution in [0.15, 0.2) is 12.2 Å². The summed E-state index contributed by atoms with van der Waals surface area (Å²) in [6.45, 7) is 34.4. The van der Waals surface area contributed by atoms with Crippen molar-refractivity contribution in [3.05, 3.63) is 12.2 Å². The first-order valence-corrected chi connectivity index (χ1v) is 18.8. The standard InChI is InChI=1S/C23H46N2.C18H36/c1-19(2)10-8-11-22(16-20(3)4)18-23(17-21(5)6)12-15-25(7)14-9-13-24;1-14(2)9-8-10-18(12-16(5)6)13-17(7)11-15(3)4/h19-23H,8-12,14-18H2,1-7H3;14-16,18H,7-13H2,1-6H3. The zero-order chi connectivity index (χ0) is 33.4. The maximum Gasteiger partial charge on any atom is 0.0635 e. The smallest absolute Gasteiger partial charge is 0.0635 e. The Bertz CT molecular complexity index is 666. The number of hydrogen-bond donors (Lipinski definition) is 0. The minimum atomic E-state index is 0.649. The Labute approximate surface area is 274 Å². The van der Waals surface area contributed by atoms with Crippen LogP contribution in [0.3, 0.4) is 0 Å². The summed E-state index contributed by atoms with van der Waals surface area (Å²) in [6, 6.07) is 2.26. The Balaban J connectivity index is 0. The highest BCUT2D eigenvalue weighted by molar-refractivity contribution is 4.96. The second kappa shape index (κ2) is 27.5. The van der Waals surface area contributed by atoms with E-state index in [2.05, 4.69) is 108 Å². The van der Waals surface area contributed by atoms with Crippen LogP contribution in [0.4, 0.5) is 0 Å². The summed E-state index contributed by atoms with van der Waals surface area (Å²) < 4.78 is 0.